The fraction of sp³-hybridized carbons (Fsp3) is 0. The van der Waals surface area contributed by atoms with Crippen molar-refractivity contribution in [1.29, 1.82) is 0 Å². The topological polar surface area (TPSA) is 70.9 Å². The number of nitrogens with one attached hydrogen (secondary N) is 2. The maximum Gasteiger partial charge on any atom is 0.272 e. The second kappa shape index (κ2) is 4.40. The molecule has 2 rings (SSSR count). The minimum absolute atomic E-state index is 0.209. The molecular formula is C11H10BrN3O. The van der Waals surface area contributed by atoms with E-state index >= 15 is 0 Å². The Morgan fingerprint density at radius 2 is 2.00 bits per heavy atom. The molecule has 1 heterocycles. The van der Waals surface area contributed by atoms with Crippen LogP contribution in [0.2, 0.25) is 0 Å². The van der Waals surface area contributed by atoms with Crippen LogP contribution in [0.1, 0.15) is 10.5 Å². The van der Waals surface area contributed by atoms with Crippen molar-refractivity contribution in [3.05, 3.63) is 46.7 Å². The molecule has 0 radical (unpaired) electrons. The molecule has 0 aliphatic carbocycles. The van der Waals surface area contributed by atoms with Gasteiger partial charge in [-0.15, -0.1) is 0 Å². The van der Waals surface area contributed by atoms with Crippen molar-refractivity contribution in [3.8, 4) is 0 Å². The van der Waals surface area contributed by atoms with Crippen molar-refractivity contribution in [3.63, 3.8) is 0 Å². The molecule has 0 aliphatic heterocycles. The molecule has 0 spiro atoms. The van der Waals surface area contributed by atoms with Crippen molar-refractivity contribution < 1.29 is 4.79 Å². The maximum absolute atomic E-state index is 11.7. The van der Waals surface area contributed by atoms with E-state index in [0.717, 1.165) is 10.2 Å². The first-order valence-electron chi connectivity index (χ1n) is 4.66. The van der Waals surface area contributed by atoms with Gasteiger partial charge in [0.2, 0.25) is 0 Å². The zero-order valence-corrected chi connectivity index (χ0v) is 9.91. The number of hydrogen-bond donors (Lipinski definition) is 3. The number of aromatic amines is 1. The number of rotatable bonds is 2. The van der Waals surface area contributed by atoms with E-state index in [0.29, 0.717) is 11.4 Å². The Bertz CT molecular complexity index is 504. The van der Waals surface area contributed by atoms with E-state index < -0.39 is 0 Å². The monoisotopic (exact) mass is 279 g/mol. The predicted molar refractivity (Wildman–Crippen MR) is 67.3 cm³/mol. The first kappa shape index (κ1) is 10.8. The minimum Gasteiger partial charge on any atom is -0.397 e. The van der Waals surface area contributed by atoms with Crippen LogP contribution in [0, 0.1) is 0 Å². The SMILES string of the molecule is Nc1c[nH]c(C(=O)Nc2ccc(Br)cc2)c1. The lowest BCUT2D eigenvalue weighted by molar-refractivity contribution is 0.102. The second-order valence-corrected chi connectivity index (χ2v) is 4.22. The molecule has 5 heteroatoms. The highest BCUT2D eigenvalue weighted by molar-refractivity contribution is 9.10. The molecule has 0 saturated heterocycles. The van der Waals surface area contributed by atoms with E-state index in [4.69, 9.17) is 5.73 Å². The van der Waals surface area contributed by atoms with Gasteiger partial charge < -0.3 is 16.0 Å². The summed E-state index contributed by atoms with van der Waals surface area (Å²) in [5, 5.41) is 2.75. The van der Waals surface area contributed by atoms with Gasteiger partial charge in [0.15, 0.2) is 0 Å². The summed E-state index contributed by atoms with van der Waals surface area (Å²) in [6.07, 6.45) is 1.58. The summed E-state index contributed by atoms with van der Waals surface area (Å²) in [6.45, 7) is 0. The molecule has 16 heavy (non-hydrogen) atoms. The van der Waals surface area contributed by atoms with Crippen LogP contribution in [0.15, 0.2) is 41.0 Å². The maximum atomic E-state index is 11.7. The van der Waals surface area contributed by atoms with Crippen molar-refractivity contribution in [2.75, 3.05) is 11.1 Å². The number of hydrogen-bond acceptors (Lipinski definition) is 2. The predicted octanol–water partition coefficient (Wildman–Crippen LogP) is 2.61. The number of anilines is 2. The van der Waals surface area contributed by atoms with Crippen LogP contribution in [0.25, 0.3) is 0 Å². The third-order valence-corrected chi connectivity index (χ3v) is 2.58. The Kier molecular flexibility index (Phi) is 2.96. The van der Waals surface area contributed by atoms with E-state index in [2.05, 4.69) is 26.2 Å². The lowest BCUT2D eigenvalue weighted by Crippen LogP contribution is -2.11. The van der Waals surface area contributed by atoms with E-state index in [1.807, 2.05) is 24.3 Å². The number of carbonyl (C=O) groups excluding carboxylic acids is 1. The number of nitrogen functional groups attached to an aromatic ring is 1. The number of halogens is 1. The van der Waals surface area contributed by atoms with Gasteiger partial charge in [-0.3, -0.25) is 4.79 Å². The zero-order valence-electron chi connectivity index (χ0n) is 8.33. The number of aromatic nitrogens is 1. The standard InChI is InChI=1S/C11H10BrN3O/c12-7-1-3-9(4-2-7)15-11(16)10-5-8(13)6-14-10/h1-6,14H,13H2,(H,15,16). The Balaban J connectivity index is 2.10. The molecule has 0 aliphatic rings. The Hall–Kier alpha value is -1.75. The molecule has 0 bridgehead atoms. The summed E-state index contributed by atoms with van der Waals surface area (Å²) in [5.41, 5.74) is 7.24. The molecule has 0 unspecified atom stereocenters. The summed E-state index contributed by atoms with van der Waals surface area (Å²) in [4.78, 5) is 14.5. The van der Waals surface area contributed by atoms with Gasteiger partial charge in [0.05, 0.1) is 0 Å². The zero-order chi connectivity index (χ0) is 11.5. The number of amides is 1. The normalized spacial score (nSPS) is 10.1. The van der Waals surface area contributed by atoms with Gasteiger partial charge in [0, 0.05) is 22.0 Å². The van der Waals surface area contributed by atoms with Gasteiger partial charge in [0.25, 0.3) is 5.91 Å². The molecule has 0 saturated carbocycles. The van der Waals surface area contributed by atoms with Crippen LogP contribution in [0.5, 0.6) is 0 Å². The Morgan fingerprint density at radius 1 is 1.31 bits per heavy atom. The molecular weight excluding hydrogens is 270 g/mol. The fourth-order valence-electron chi connectivity index (χ4n) is 1.27. The average molecular weight is 280 g/mol. The lowest BCUT2D eigenvalue weighted by atomic mass is 10.3. The summed E-state index contributed by atoms with van der Waals surface area (Å²) < 4.78 is 0.967. The fourth-order valence-corrected chi connectivity index (χ4v) is 1.54. The second-order valence-electron chi connectivity index (χ2n) is 3.31. The molecule has 2 aromatic rings. The number of nitrogens with two attached hydrogens (primary N) is 1. The van der Waals surface area contributed by atoms with Crippen molar-refractivity contribution >= 4 is 33.2 Å². The van der Waals surface area contributed by atoms with Gasteiger partial charge >= 0.3 is 0 Å². The first-order chi connectivity index (χ1) is 7.65. The van der Waals surface area contributed by atoms with Gasteiger partial charge in [-0.2, -0.15) is 0 Å². The summed E-state index contributed by atoms with van der Waals surface area (Å²) in [6, 6.07) is 8.94. The van der Waals surface area contributed by atoms with Gasteiger partial charge in [-0.05, 0) is 30.3 Å². The summed E-state index contributed by atoms with van der Waals surface area (Å²) >= 11 is 3.32. The molecule has 4 N–H and O–H groups in total. The van der Waals surface area contributed by atoms with Crippen LogP contribution in [0.3, 0.4) is 0 Å². The van der Waals surface area contributed by atoms with Crippen molar-refractivity contribution in [2.24, 2.45) is 0 Å². The van der Waals surface area contributed by atoms with Gasteiger partial charge in [0.1, 0.15) is 5.69 Å². The third kappa shape index (κ3) is 2.43. The lowest BCUT2D eigenvalue weighted by Gasteiger charge is -2.03. The van der Waals surface area contributed by atoms with Crippen LogP contribution >= 0.6 is 15.9 Å². The first-order valence-corrected chi connectivity index (χ1v) is 5.45. The van der Waals surface area contributed by atoms with E-state index in [-0.39, 0.29) is 5.91 Å². The highest BCUT2D eigenvalue weighted by Crippen LogP contribution is 2.15. The van der Waals surface area contributed by atoms with Crippen molar-refractivity contribution in [2.45, 2.75) is 0 Å². The average Bonchev–Trinajstić information content (AvgIpc) is 2.68. The van der Waals surface area contributed by atoms with Gasteiger partial charge in [-0.25, -0.2) is 0 Å². The van der Waals surface area contributed by atoms with E-state index in [1.54, 1.807) is 12.3 Å². The molecule has 1 aromatic carbocycles. The molecule has 1 amide bonds. The number of benzene rings is 1. The van der Waals surface area contributed by atoms with Gasteiger partial charge in [-0.1, -0.05) is 15.9 Å². The highest BCUT2D eigenvalue weighted by atomic mass is 79.9. The summed E-state index contributed by atoms with van der Waals surface area (Å²) in [7, 11) is 0. The Morgan fingerprint density at radius 3 is 2.56 bits per heavy atom. The molecule has 82 valence electrons. The number of H-pyrrole nitrogens is 1. The van der Waals surface area contributed by atoms with Crippen LogP contribution in [0.4, 0.5) is 11.4 Å². The molecule has 1 aromatic heterocycles. The highest BCUT2D eigenvalue weighted by Gasteiger charge is 2.07. The van der Waals surface area contributed by atoms with E-state index in [9.17, 15) is 4.79 Å². The molecule has 0 fully saturated rings. The molecule has 0 atom stereocenters. The van der Waals surface area contributed by atoms with Crippen molar-refractivity contribution in [1.82, 2.24) is 4.98 Å². The van der Waals surface area contributed by atoms with Crippen LogP contribution in [-0.4, -0.2) is 10.9 Å². The van der Waals surface area contributed by atoms with E-state index in [1.165, 1.54) is 0 Å². The Labute approximate surface area is 101 Å². The third-order valence-electron chi connectivity index (χ3n) is 2.05. The molecule has 4 nitrogen and oxygen atoms in total. The summed E-state index contributed by atoms with van der Waals surface area (Å²) in [5.74, 6) is -0.209. The van der Waals surface area contributed by atoms with Crippen LogP contribution < -0.4 is 11.1 Å². The smallest absolute Gasteiger partial charge is 0.272 e. The largest absolute Gasteiger partial charge is 0.397 e. The minimum atomic E-state index is -0.209. The number of carbonyl (C=O) groups is 1. The quantitative estimate of drug-likeness (QED) is 0.791. The van der Waals surface area contributed by atoms with Crippen LogP contribution in [-0.2, 0) is 0 Å².